The van der Waals surface area contributed by atoms with E-state index in [1.165, 1.54) is 0 Å². The van der Waals surface area contributed by atoms with Gasteiger partial charge in [-0.3, -0.25) is 4.79 Å². The zero-order valence-corrected chi connectivity index (χ0v) is 18.4. The summed E-state index contributed by atoms with van der Waals surface area (Å²) in [5.41, 5.74) is 3.64. The van der Waals surface area contributed by atoms with Crippen LogP contribution in [0.25, 0.3) is 0 Å². The molecule has 1 N–H and O–H groups in total. The van der Waals surface area contributed by atoms with Crippen LogP contribution in [0.15, 0.2) is 11.0 Å². The van der Waals surface area contributed by atoms with Gasteiger partial charge in [0.2, 0.25) is 15.9 Å². The van der Waals surface area contributed by atoms with Gasteiger partial charge in [0.25, 0.3) is 0 Å². The molecule has 0 spiro atoms. The van der Waals surface area contributed by atoms with Crippen molar-refractivity contribution in [1.29, 1.82) is 0 Å². The first-order valence-electron chi connectivity index (χ1n) is 10.0. The lowest BCUT2D eigenvalue weighted by Crippen LogP contribution is -2.45. The Morgan fingerprint density at radius 3 is 2.00 bits per heavy atom. The molecule has 0 saturated carbocycles. The van der Waals surface area contributed by atoms with Crippen LogP contribution in [-0.2, 0) is 14.8 Å². The SMILES string of the molecule is CCC(CC)NC(=O)C1CCN(S(=O)(=O)c2c(C)c(C)cc(C)c2C)CC1. The third-order valence-electron chi connectivity index (χ3n) is 6.05. The highest BCUT2D eigenvalue weighted by molar-refractivity contribution is 7.89. The minimum Gasteiger partial charge on any atom is -0.353 e. The van der Waals surface area contributed by atoms with Crippen LogP contribution < -0.4 is 5.32 Å². The molecule has 1 saturated heterocycles. The summed E-state index contributed by atoms with van der Waals surface area (Å²) in [6, 6.07) is 2.25. The molecular formula is C21H34N2O3S. The largest absolute Gasteiger partial charge is 0.353 e. The van der Waals surface area contributed by atoms with Crippen LogP contribution in [-0.4, -0.2) is 37.8 Å². The van der Waals surface area contributed by atoms with Crippen LogP contribution in [0.4, 0.5) is 0 Å². The van der Waals surface area contributed by atoms with E-state index in [1.54, 1.807) is 4.31 Å². The second-order valence-electron chi connectivity index (χ2n) is 7.79. The molecule has 1 amide bonds. The number of nitrogens with one attached hydrogen (secondary N) is 1. The molecule has 0 aromatic heterocycles. The quantitative estimate of drug-likeness (QED) is 0.801. The lowest BCUT2D eigenvalue weighted by atomic mass is 9.96. The van der Waals surface area contributed by atoms with Crippen molar-refractivity contribution < 1.29 is 13.2 Å². The van der Waals surface area contributed by atoms with E-state index in [4.69, 9.17) is 0 Å². The lowest BCUT2D eigenvalue weighted by molar-refractivity contribution is -0.126. The van der Waals surface area contributed by atoms with Gasteiger partial charge in [0.05, 0.1) is 4.90 Å². The number of aryl methyl sites for hydroxylation is 2. The van der Waals surface area contributed by atoms with Crippen LogP contribution in [0.1, 0.15) is 61.8 Å². The van der Waals surface area contributed by atoms with E-state index in [0.29, 0.717) is 30.8 Å². The average molecular weight is 395 g/mol. The summed E-state index contributed by atoms with van der Waals surface area (Å²) in [4.78, 5) is 12.9. The first kappa shape index (κ1) is 21.9. The Kier molecular flexibility index (Phi) is 7.09. The fourth-order valence-electron chi connectivity index (χ4n) is 3.87. The Bertz CT molecular complexity index is 764. The molecule has 1 heterocycles. The number of carbonyl (C=O) groups excluding carboxylic acids is 1. The third kappa shape index (κ3) is 4.54. The van der Waals surface area contributed by atoms with Crippen molar-refractivity contribution >= 4 is 15.9 Å². The van der Waals surface area contributed by atoms with Crippen molar-refractivity contribution in [2.75, 3.05) is 13.1 Å². The Labute approximate surface area is 164 Å². The number of rotatable bonds is 6. The highest BCUT2D eigenvalue weighted by Gasteiger charge is 2.34. The molecule has 1 fully saturated rings. The van der Waals surface area contributed by atoms with Crippen molar-refractivity contribution in [1.82, 2.24) is 9.62 Å². The maximum atomic E-state index is 13.3. The molecule has 0 bridgehead atoms. The van der Waals surface area contributed by atoms with Gasteiger partial charge in [-0.2, -0.15) is 4.31 Å². The molecule has 0 aliphatic carbocycles. The van der Waals surface area contributed by atoms with Gasteiger partial charge in [0.15, 0.2) is 0 Å². The van der Waals surface area contributed by atoms with E-state index in [2.05, 4.69) is 19.2 Å². The summed E-state index contributed by atoms with van der Waals surface area (Å²) in [6.45, 7) is 12.6. The molecule has 0 radical (unpaired) electrons. The fourth-order valence-corrected chi connectivity index (χ4v) is 5.91. The van der Waals surface area contributed by atoms with Crippen LogP contribution >= 0.6 is 0 Å². The number of benzene rings is 1. The lowest BCUT2D eigenvalue weighted by Gasteiger charge is -2.32. The number of hydrogen-bond donors (Lipinski definition) is 1. The van der Waals surface area contributed by atoms with Crippen LogP contribution in [0.5, 0.6) is 0 Å². The first-order chi connectivity index (χ1) is 12.6. The first-order valence-corrected chi connectivity index (χ1v) is 11.4. The van der Waals surface area contributed by atoms with E-state index in [1.807, 2.05) is 33.8 Å². The number of hydrogen-bond acceptors (Lipinski definition) is 3. The molecule has 152 valence electrons. The summed E-state index contributed by atoms with van der Waals surface area (Å²) < 4.78 is 28.2. The summed E-state index contributed by atoms with van der Waals surface area (Å²) in [5, 5.41) is 3.10. The van der Waals surface area contributed by atoms with Gasteiger partial charge >= 0.3 is 0 Å². The molecule has 0 unspecified atom stereocenters. The van der Waals surface area contributed by atoms with Gasteiger partial charge in [0, 0.05) is 25.0 Å². The second-order valence-corrected chi connectivity index (χ2v) is 9.66. The zero-order chi connectivity index (χ0) is 20.4. The molecule has 27 heavy (non-hydrogen) atoms. The van der Waals surface area contributed by atoms with Crippen LogP contribution in [0.2, 0.25) is 0 Å². The number of amides is 1. The Morgan fingerprint density at radius 2 is 1.56 bits per heavy atom. The zero-order valence-electron chi connectivity index (χ0n) is 17.6. The second kappa shape index (κ2) is 8.74. The fraction of sp³-hybridized carbons (Fsp3) is 0.667. The highest BCUT2D eigenvalue weighted by Crippen LogP contribution is 2.31. The average Bonchev–Trinajstić information content (AvgIpc) is 2.64. The topological polar surface area (TPSA) is 66.5 Å². The molecule has 1 aliphatic heterocycles. The number of piperidine rings is 1. The predicted octanol–water partition coefficient (Wildman–Crippen LogP) is 3.63. The highest BCUT2D eigenvalue weighted by atomic mass is 32.2. The van der Waals surface area contributed by atoms with E-state index in [0.717, 1.165) is 35.1 Å². The van der Waals surface area contributed by atoms with E-state index in [-0.39, 0.29) is 17.9 Å². The number of sulfonamides is 1. The molecule has 2 rings (SSSR count). The summed E-state index contributed by atoms with van der Waals surface area (Å²) in [6.07, 6.45) is 2.99. The van der Waals surface area contributed by atoms with Crippen LogP contribution in [0.3, 0.4) is 0 Å². The summed E-state index contributed by atoms with van der Waals surface area (Å²) in [5.74, 6) is -0.0296. The number of nitrogens with zero attached hydrogens (tertiary/aromatic N) is 1. The van der Waals surface area contributed by atoms with Crippen molar-refractivity contribution in [3.8, 4) is 0 Å². The minimum atomic E-state index is -3.55. The van der Waals surface area contributed by atoms with Gasteiger partial charge in [-0.15, -0.1) is 0 Å². The number of carbonyl (C=O) groups is 1. The summed E-state index contributed by atoms with van der Waals surface area (Å²) in [7, 11) is -3.55. The molecule has 0 atom stereocenters. The molecular weight excluding hydrogens is 360 g/mol. The maximum absolute atomic E-state index is 13.3. The van der Waals surface area contributed by atoms with E-state index in [9.17, 15) is 13.2 Å². The minimum absolute atomic E-state index is 0.0690. The standard InChI is InChI=1S/C21H34N2O3S/c1-7-19(8-2)22-21(24)18-9-11-23(12-10-18)27(25,26)20-16(5)14(3)13-15(4)17(20)6/h13,18-19H,7-12H2,1-6H3,(H,22,24). The molecule has 1 aromatic carbocycles. The monoisotopic (exact) mass is 394 g/mol. The van der Waals surface area contributed by atoms with Crippen molar-refractivity contribution in [3.05, 3.63) is 28.3 Å². The maximum Gasteiger partial charge on any atom is 0.243 e. The van der Waals surface area contributed by atoms with Gasteiger partial charge in [0.1, 0.15) is 0 Å². The third-order valence-corrected chi connectivity index (χ3v) is 8.23. The normalized spacial score (nSPS) is 16.7. The van der Waals surface area contributed by atoms with Crippen molar-refractivity contribution in [2.45, 2.75) is 78.2 Å². The molecule has 1 aliphatic rings. The van der Waals surface area contributed by atoms with Gasteiger partial charge < -0.3 is 5.32 Å². The van der Waals surface area contributed by atoms with Crippen molar-refractivity contribution in [3.63, 3.8) is 0 Å². The smallest absolute Gasteiger partial charge is 0.243 e. The van der Waals surface area contributed by atoms with E-state index < -0.39 is 10.0 Å². The Balaban J connectivity index is 2.15. The van der Waals surface area contributed by atoms with Gasteiger partial charge in [-0.1, -0.05) is 19.9 Å². The summed E-state index contributed by atoms with van der Waals surface area (Å²) >= 11 is 0. The van der Waals surface area contributed by atoms with Crippen molar-refractivity contribution in [2.24, 2.45) is 5.92 Å². The van der Waals surface area contributed by atoms with Crippen LogP contribution in [0, 0.1) is 33.6 Å². The Morgan fingerprint density at radius 1 is 1.07 bits per heavy atom. The van der Waals surface area contributed by atoms with E-state index >= 15 is 0 Å². The van der Waals surface area contributed by atoms with Gasteiger partial charge in [-0.25, -0.2) is 8.42 Å². The molecule has 6 heteroatoms. The molecule has 1 aromatic rings. The predicted molar refractivity (Wildman–Crippen MR) is 109 cm³/mol. The van der Waals surface area contributed by atoms with Gasteiger partial charge in [-0.05, 0) is 75.6 Å². The Hall–Kier alpha value is -1.40. The molecule has 5 nitrogen and oxygen atoms in total.